The van der Waals surface area contributed by atoms with Crippen LogP contribution in [0.1, 0.15) is 46.6 Å². The molecule has 1 aliphatic carbocycles. The summed E-state index contributed by atoms with van der Waals surface area (Å²) in [4.78, 5) is 12.0. The van der Waals surface area contributed by atoms with Crippen molar-refractivity contribution < 1.29 is 19.4 Å². The van der Waals surface area contributed by atoms with Gasteiger partial charge in [0.05, 0.1) is 12.8 Å². The fourth-order valence-corrected chi connectivity index (χ4v) is 3.22. The van der Waals surface area contributed by atoms with Crippen molar-refractivity contribution >= 4 is 11.8 Å². The highest BCUT2D eigenvalue weighted by molar-refractivity contribution is 5.88. The number of hydrogen-bond acceptors (Lipinski definition) is 5. The predicted octanol–water partition coefficient (Wildman–Crippen LogP) is 3.37. The van der Waals surface area contributed by atoms with E-state index in [2.05, 4.69) is 19.2 Å². The Morgan fingerprint density at radius 3 is 2.38 bits per heavy atom. The van der Waals surface area contributed by atoms with Crippen LogP contribution in [0, 0.1) is 5.41 Å². The van der Waals surface area contributed by atoms with Crippen LogP contribution in [0.4, 0.5) is 10.5 Å². The second-order valence-corrected chi connectivity index (χ2v) is 8.05. The smallest absolute Gasteiger partial charge is 0.412 e. The average Bonchev–Trinajstić information content (AvgIpc) is 3.02. The number of benzene rings is 1. The minimum Gasteiger partial charge on any atom is -0.503 e. The lowest BCUT2D eigenvalue weighted by Crippen LogP contribution is -2.28. The standard InChI is InChI=1S/C18H28N2O4/c1-16(2,3)24-15(22)20-12-7-11(8-13(23-6)14(12)21)18(10-19)9-17(18,4)5/h7-8,21H,9-10,19H2,1-6H3,(H,20,22). The molecule has 1 amide bonds. The Balaban J connectivity index is 2.38. The number of nitrogens with two attached hydrogens (primary N) is 1. The maximum Gasteiger partial charge on any atom is 0.412 e. The van der Waals surface area contributed by atoms with Crippen molar-refractivity contribution in [1.82, 2.24) is 0 Å². The van der Waals surface area contributed by atoms with Gasteiger partial charge in [0.1, 0.15) is 5.60 Å². The van der Waals surface area contributed by atoms with Crippen LogP contribution in [-0.4, -0.2) is 30.5 Å². The Morgan fingerprint density at radius 1 is 1.38 bits per heavy atom. The lowest BCUT2D eigenvalue weighted by atomic mass is 9.87. The van der Waals surface area contributed by atoms with E-state index in [9.17, 15) is 9.90 Å². The number of anilines is 1. The van der Waals surface area contributed by atoms with Crippen molar-refractivity contribution in [2.45, 2.75) is 52.1 Å². The molecule has 0 spiro atoms. The van der Waals surface area contributed by atoms with Crippen LogP contribution in [0.25, 0.3) is 0 Å². The van der Waals surface area contributed by atoms with Crippen molar-refractivity contribution in [1.29, 1.82) is 0 Å². The minimum absolute atomic E-state index is 0.0624. The summed E-state index contributed by atoms with van der Waals surface area (Å²) in [7, 11) is 1.48. The first-order valence-electron chi connectivity index (χ1n) is 8.07. The zero-order valence-electron chi connectivity index (χ0n) is 15.3. The number of hydrogen-bond donors (Lipinski definition) is 3. The summed E-state index contributed by atoms with van der Waals surface area (Å²) < 4.78 is 10.5. The van der Waals surface area contributed by atoms with E-state index in [-0.39, 0.29) is 22.3 Å². The third kappa shape index (κ3) is 3.29. The maximum atomic E-state index is 12.0. The number of phenolic OH excluding ortho intramolecular Hbond substituents is 1. The van der Waals surface area contributed by atoms with Gasteiger partial charge in [-0.3, -0.25) is 5.32 Å². The fraction of sp³-hybridized carbons (Fsp3) is 0.611. The van der Waals surface area contributed by atoms with Crippen molar-refractivity contribution in [2.24, 2.45) is 11.1 Å². The van der Waals surface area contributed by atoms with Gasteiger partial charge in [-0.15, -0.1) is 0 Å². The molecule has 1 aromatic carbocycles. The molecule has 134 valence electrons. The molecular weight excluding hydrogens is 308 g/mol. The molecule has 0 heterocycles. The summed E-state index contributed by atoms with van der Waals surface area (Å²) in [6.45, 7) is 10.1. The largest absolute Gasteiger partial charge is 0.503 e. The van der Waals surface area contributed by atoms with Gasteiger partial charge in [0.15, 0.2) is 11.5 Å². The van der Waals surface area contributed by atoms with Gasteiger partial charge in [0, 0.05) is 12.0 Å². The molecule has 1 atom stereocenters. The number of carbonyl (C=O) groups is 1. The van der Waals surface area contributed by atoms with Gasteiger partial charge in [-0.2, -0.15) is 0 Å². The Morgan fingerprint density at radius 2 is 1.96 bits per heavy atom. The number of amides is 1. The Labute approximate surface area is 143 Å². The third-order valence-electron chi connectivity index (χ3n) is 4.75. The quantitative estimate of drug-likeness (QED) is 0.733. The molecular formula is C18H28N2O4. The fourth-order valence-electron chi connectivity index (χ4n) is 3.22. The molecule has 1 fully saturated rings. The van der Waals surface area contributed by atoms with E-state index in [0.29, 0.717) is 12.3 Å². The molecule has 1 saturated carbocycles. The number of phenols is 1. The highest BCUT2D eigenvalue weighted by Crippen LogP contribution is 2.64. The van der Waals surface area contributed by atoms with Crippen LogP contribution in [-0.2, 0) is 10.2 Å². The highest BCUT2D eigenvalue weighted by atomic mass is 16.6. The summed E-state index contributed by atoms with van der Waals surface area (Å²) in [6, 6.07) is 3.54. The molecule has 1 aromatic rings. The first-order chi connectivity index (χ1) is 11.0. The molecule has 6 nitrogen and oxygen atoms in total. The second kappa shape index (κ2) is 5.84. The van der Waals surface area contributed by atoms with E-state index in [1.165, 1.54) is 7.11 Å². The number of aromatic hydroxyl groups is 1. The van der Waals surface area contributed by atoms with E-state index in [1.54, 1.807) is 32.9 Å². The maximum absolute atomic E-state index is 12.0. The molecule has 0 aromatic heterocycles. The zero-order chi connectivity index (χ0) is 18.3. The number of methoxy groups -OCH3 is 1. The highest BCUT2D eigenvalue weighted by Gasteiger charge is 2.61. The van der Waals surface area contributed by atoms with E-state index in [4.69, 9.17) is 15.2 Å². The molecule has 0 saturated heterocycles. The predicted molar refractivity (Wildman–Crippen MR) is 93.6 cm³/mol. The van der Waals surface area contributed by atoms with Crippen molar-refractivity contribution in [3.8, 4) is 11.5 Å². The number of nitrogens with one attached hydrogen (secondary N) is 1. The lowest BCUT2D eigenvalue weighted by Gasteiger charge is -2.23. The normalized spacial score (nSPS) is 22.0. The van der Waals surface area contributed by atoms with Crippen LogP contribution in [0.3, 0.4) is 0 Å². The summed E-state index contributed by atoms with van der Waals surface area (Å²) >= 11 is 0. The van der Waals surface area contributed by atoms with Crippen LogP contribution >= 0.6 is 0 Å². The van der Waals surface area contributed by atoms with E-state index < -0.39 is 11.7 Å². The molecule has 1 unspecified atom stereocenters. The molecule has 0 radical (unpaired) electrons. The molecule has 24 heavy (non-hydrogen) atoms. The summed E-state index contributed by atoms with van der Waals surface area (Å²) in [5.41, 5.74) is 6.48. The van der Waals surface area contributed by atoms with Crippen molar-refractivity contribution in [2.75, 3.05) is 19.0 Å². The Bertz CT molecular complexity index is 649. The second-order valence-electron chi connectivity index (χ2n) is 8.05. The van der Waals surface area contributed by atoms with Crippen LogP contribution in [0.5, 0.6) is 11.5 Å². The monoisotopic (exact) mass is 336 g/mol. The Hall–Kier alpha value is -1.95. The van der Waals surface area contributed by atoms with Gasteiger partial charge in [-0.1, -0.05) is 13.8 Å². The molecule has 2 rings (SSSR count). The zero-order valence-corrected chi connectivity index (χ0v) is 15.3. The molecule has 0 aliphatic heterocycles. The van der Waals surface area contributed by atoms with Crippen molar-refractivity contribution in [3.05, 3.63) is 17.7 Å². The van der Waals surface area contributed by atoms with Crippen LogP contribution < -0.4 is 15.8 Å². The van der Waals surface area contributed by atoms with Gasteiger partial charge in [0.25, 0.3) is 0 Å². The summed E-state index contributed by atoms with van der Waals surface area (Å²) in [6.07, 6.45) is 0.310. The molecule has 1 aliphatic rings. The van der Waals surface area contributed by atoms with Gasteiger partial charge in [-0.05, 0) is 50.3 Å². The minimum atomic E-state index is -0.631. The third-order valence-corrected chi connectivity index (χ3v) is 4.75. The van der Waals surface area contributed by atoms with Gasteiger partial charge in [0.2, 0.25) is 0 Å². The summed E-state index contributed by atoms with van der Waals surface area (Å²) in [5, 5.41) is 12.9. The van der Waals surface area contributed by atoms with E-state index in [0.717, 1.165) is 12.0 Å². The van der Waals surface area contributed by atoms with Crippen molar-refractivity contribution in [3.63, 3.8) is 0 Å². The number of ether oxygens (including phenoxy) is 2. The molecule has 6 heteroatoms. The van der Waals surface area contributed by atoms with E-state index >= 15 is 0 Å². The SMILES string of the molecule is COc1cc(C2(CN)CC2(C)C)cc(NC(=O)OC(C)(C)C)c1O. The van der Waals surface area contributed by atoms with E-state index in [1.807, 2.05) is 0 Å². The van der Waals surface area contributed by atoms with Crippen LogP contribution in [0.15, 0.2) is 12.1 Å². The Kier molecular flexibility index (Phi) is 4.48. The van der Waals surface area contributed by atoms with Gasteiger partial charge in [-0.25, -0.2) is 4.79 Å². The summed E-state index contributed by atoms with van der Waals surface area (Å²) in [5.74, 6) is 0.173. The van der Waals surface area contributed by atoms with Gasteiger partial charge < -0.3 is 20.3 Å². The first-order valence-corrected chi connectivity index (χ1v) is 8.07. The lowest BCUT2D eigenvalue weighted by molar-refractivity contribution is 0.0635. The van der Waals surface area contributed by atoms with Crippen LogP contribution in [0.2, 0.25) is 0 Å². The topological polar surface area (TPSA) is 93.8 Å². The molecule has 0 bridgehead atoms. The van der Waals surface area contributed by atoms with Gasteiger partial charge >= 0.3 is 6.09 Å². The number of carbonyl (C=O) groups excluding carboxylic acids is 1. The molecule has 4 N–H and O–H groups in total. The average molecular weight is 336 g/mol. The first kappa shape index (κ1) is 18.4. The number of rotatable bonds is 4.